The monoisotopic (exact) mass is 284 g/mol. The summed E-state index contributed by atoms with van der Waals surface area (Å²) in [7, 11) is 0. The number of rotatable bonds is 2. The number of phenols is 1. The van der Waals surface area contributed by atoms with E-state index in [1.54, 1.807) is 12.1 Å². The van der Waals surface area contributed by atoms with Crippen LogP contribution in [0, 0.1) is 6.92 Å². The van der Waals surface area contributed by atoms with Crippen LogP contribution in [0.5, 0.6) is 5.75 Å². The lowest BCUT2D eigenvalue weighted by Gasteiger charge is -2.03. The van der Waals surface area contributed by atoms with Crippen molar-refractivity contribution in [2.75, 3.05) is 0 Å². The first-order valence-electron chi connectivity index (χ1n) is 6.26. The smallest absolute Gasteiger partial charge is 0.124 e. The topological polar surface area (TPSA) is 48.9 Å². The summed E-state index contributed by atoms with van der Waals surface area (Å²) in [5.41, 5.74) is 4.42. The molecule has 0 unspecified atom stereocenters. The van der Waals surface area contributed by atoms with Crippen LogP contribution in [0.1, 0.15) is 5.56 Å². The number of hydrogen-bond donors (Lipinski definition) is 2. The van der Waals surface area contributed by atoms with Gasteiger partial charge in [0.05, 0.1) is 11.4 Å². The summed E-state index contributed by atoms with van der Waals surface area (Å²) in [5, 5.41) is 18.0. The number of halogens is 1. The molecule has 0 spiro atoms. The van der Waals surface area contributed by atoms with Gasteiger partial charge in [-0.1, -0.05) is 35.9 Å². The predicted molar refractivity (Wildman–Crippen MR) is 80.9 cm³/mol. The molecule has 0 aliphatic heterocycles. The van der Waals surface area contributed by atoms with Crippen LogP contribution in [0.2, 0.25) is 5.02 Å². The van der Waals surface area contributed by atoms with E-state index >= 15 is 0 Å². The van der Waals surface area contributed by atoms with Crippen molar-refractivity contribution in [3.05, 3.63) is 59.1 Å². The number of nitrogens with zero attached hydrogens (tertiary/aromatic N) is 1. The summed E-state index contributed by atoms with van der Waals surface area (Å²) >= 11 is 5.90. The Hall–Kier alpha value is -2.26. The van der Waals surface area contributed by atoms with E-state index in [1.165, 1.54) is 0 Å². The first-order chi connectivity index (χ1) is 9.66. The quantitative estimate of drug-likeness (QED) is 0.732. The number of nitrogens with one attached hydrogen (secondary N) is 1. The molecule has 3 rings (SSSR count). The van der Waals surface area contributed by atoms with Gasteiger partial charge in [-0.15, -0.1) is 0 Å². The maximum absolute atomic E-state index is 9.94. The molecule has 0 amide bonds. The zero-order valence-electron chi connectivity index (χ0n) is 10.9. The molecule has 100 valence electrons. The average molecular weight is 285 g/mol. The second-order valence-electron chi connectivity index (χ2n) is 4.60. The van der Waals surface area contributed by atoms with Gasteiger partial charge < -0.3 is 5.11 Å². The molecule has 2 N–H and O–H groups in total. The molecule has 1 heterocycles. The van der Waals surface area contributed by atoms with E-state index < -0.39 is 0 Å². The molecule has 0 bridgehead atoms. The van der Waals surface area contributed by atoms with Crippen molar-refractivity contribution in [3.8, 4) is 28.3 Å². The molecular weight excluding hydrogens is 272 g/mol. The van der Waals surface area contributed by atoms with Gasteiger partial charge in [0, 0.05) is 21.7 Å². The Balaban J connectivity index is 2.09. The van der Waals surface area contributed by atoms with Gasteiger partial charge in [0.25, 0.3) is 0 Å². The van der Waals surface area contributed by atoms with Crippen LogP contribution in [0.25, 0.3) is 22.5 Å². The molecule has 0 aliphatic carbocycles. The van der Waals surface area contributed by atoms with E-state index in [0.29, 0.717) is 5.02 Å². The fraction of sp³-hybridized carbons (Fsp3) is 0.0625. The molecule has 0 atom stereocenters. The predicted octanol–water partition coefficient (Wildman–Crippen LogP) is 4.41. The molecule has 20 heavy (non-hydrogen) atoms. The van der Waals surface area contributed by atoms with E-state index in [4.69, 9.17) is 11.6 Å². The summed E-state index contributed by atoms with van der Waals surface area (Å²) in [6, 6.07) is 14.7. The summed E-state index contributed by atoms with van der Waals surface area (Å²) in [5.74, 6) is 0.238. The highest BCUT2D eigenvalue weighted by atomic mass is 35.5. The van der Waals surface area contributed by atoms with E-state index in [0.717, 1.165) is 28.1 Å². The van der Waals surface area contributed by atoms with Crippen molar-refractivity contribution in [3.63, 3.8) is 0 Å². The summed E-state index contributed by atoms with van der Waals surface area (Å²) < 4.78 is 0. The van der Waals surface area contributed by atoms with Crippen LogP contribution in [0.3, 0.4) is 0 Å². The average Bonchev–Trinajstić information content (AvgIpc) is 2.82. The maximum Gasteiger partial charge on any atom is 0.124 e. The van der Waals surface area contributed by atoms with Gasteiger partial charge in [0.1, 0.15) is 5.75 Å². The molecule has 0 aliphatic rings. The third kappa shape index (κ3) is 2.17. The molecule has 4 heteroatoms. The summed E-state index contributed by atoms with van der Waals surface area (Å²) in [4.78, 5) is 0. The molecule has 1 aromatic heterocycles. The number of hydrogen-bond acceptors (Lipinski definition) is 2. The molecule has 0 fully saturated rings. The van der Waals surface area contributed by atoms with Crippen LogP contribution in [-0.2, 0) is 0 Å². The highest BCUT2D eigenvalue weighted by molar-refractivity contribution is 6.30. The third-order valence-electron chi connectivity index (χ3n) is 3.30. The maximum atomic E-state index is 9.94. The van der Waals surface area contributed by atoms with Crippen molar-refractivity contribution in [1.29, 1.82) is 0 Å². The Morgan fingerprint density at radius 1 is 1.05 bits per heavy atom. The zero-order valence-corrected chi connectivity index (χ0v) is 11.6. The fourth-order valence-electron chi connectivity index (χ4n) is 2.23. The number of aromatic hydroxyl groups is 1. The van der Waals surface area contributed by atoms with Crippen molar-refractivity contribution in [2.45, 2.75) is 6.92 Å². The van der Waals surface area contributed by atoms with Crippen LogP contribution in [0.4, 0.5) is 0 Å². The lowest BCUT2D eigenvalue weighted by atomic mass is 10.0. The Morgan fingerprint density at radius 3 is 2.45 bits per heavy atom. The highest BCUT2D eigenvalue weighted by Gasteiger charge is 2.14. The van der Waals surface area contributed by atoms with E-state index in [9.17, 15) is 5.11 Å². The van der Waals surface area contributed by atoms with Crippen LogP contribution in [0.15, 0.2) is 48.5 Å². The lowest BCUT2D eigenvalue weighted by Crippen LogP contribution is -1.83. The first-order valence-corrected chi connectivity index (χ1v) is 6.64. The molecular formula is C16H13ClN2O. The van der Waals surface area contributed by atoms with Crippen LogP contribution < -0.4 is 0 Å². The van der Waals surface area contributed by atoms with Gasteiger partial charge in [0.15, 0.2) is 0 Å². The molecule has 2 aromatic carbocycles. The largest absolute Gasteiger partial charge is 0.507 e. The van der Waals surface area contributed by atoms with E-state index in [1.807, 2.05) is 43.3 Å². The minimum absolute atomic E-state index is 0.238. The van der Waals surface area contributed by atoms with E-state index in [-0.39, 0.29) is 5.75 Å². The number of H-pyrrole nitrogens is 1. The lowest BCUT2D eigenvalue weighted by molar-refractivity contribution is 0.477. The van der Waals surface area contributed by atoms with Crippen LogP contribution >= 0.6 is 11.6 Å². The number of benzene rings is 2. The number of phenolic OH excluding ortho intramolecular Hbond substituents is 1. The first kappa shape index (κ1) is 12.8. The van der Waals surface area contributed by atoms with Crippen molar-refractivity contribution in [2.24, 2.45) is 0 Å². The van der Waals surface area contributed by atoms with Crippen molar-refractivity contribution < 1.29 is 5.11 Å². The second-order valence-corrected chi connectivity index (χ2v) is 5.03. The molecule has 0 radical (unpaired) electrons. The SMILES string of the molecule is Cc1c(-c2ccc(Cl)cc2)n[nH]c1-c1ccccc1O. The minimum atomic E-state index is 0.238. The van der Waals surface area contributed by atoms with Gasteiger partial charge in [-0.25, -0.2) is 0 Å². The van der Waals surface area contributed by atoms with Gasteiger partial charge in [-0.2, -0.15) is 5.10 Å². The summed E-state index contributed by atoms with van der Waals surface area (Å²) in [6.45, 7) is 1.98. The van der Waals surface area contributed by atoms with Crippen LogP contribution in [-0.4, -0.2) is 15.3 Å². The molecule has 3 nitrogen and oxygen atoms in total. The normalized spacial score (nSPS) is 10.7. The third-order valence-corrected chi connectivity index (χ3v) is 3.55. The molecule has 0 saturated carbocycles. The number of para-hydroxylation sites is 1. The molecule has 0 saturated heterocycles. The van der Waals surface area contributed by atoms with Gasteiger partial charge >= 0.3 is 0 Å². The Kier molecular flexibility index (Phi) is 3.20. The van der Waals surface area contributed by atoms with E-state index in [2.05, 4.69) is 10.2 Å². The Labute approximate surface area is 121 Å². The number of aromatic nitrogens is 2. The highest BCUT2D eigenvalue weighted by Crippen LogP contribution is 2.34. The Bertz CT molecular complexity index is 747. The molecule has 3 aromatic rings. The van der Waals surface area contributed by atoms with Gasteiger partial charge in [-0.05, 0) is 31.2 Å². The van der Waals surface area contributed by atoms with Crippen molar-refractivity contribution in [1.82, 2.24) is 10.2 Å². The second kappa shape index (κ2) is 5.02. The van der Waals surface area contributed by atoms with Gasteiger partial charge in [-0.3, -0.25) is 5.10 Å². The van der Waals surface area contributed by atoms with Gasteiger partial charge in [0.2, 0.25) is 0 Å². The summed E-state index contributed by atoms with van der Waals surface area (Å²) in [6.07, 6.45) is 0. The minimum Gasteiger partial charge on any atom is -0.507 e. The standard InChI is InChI=1S/C16H13ClN2O/c1-10-15(11-6-8-12(17)9-7-11)18-19-16(10)13-4-2-3-5-14(13)20/h2-9,20H,1H3,(H,18,19). The zero-order chi connectivity index (χ0) is 14.1. The van der Waals surface area contributed by atoms with Crippen molar-refractivity contribution >= 4 is 11.6 Å². The number of aromatic amines is 1. The Morgan fingerprint density at radius 2 is 1.75 bits per heavy atom. The fourth-order valence-corrected chi connectivity index (χ4v) is 2.36.